The number of piperidine rings is 1. The molecule has 4 nitrogen and oxygen atoms in total. The van der Waals surface area contributed by atoms with Crippen LogP contribution in [-0.4, -0.2) is 41.4 Å². The smallest absolute Gasteiger partial charge is 0.254 e. The highest BCUT2D eigenvalue weighted by atomic mass is 19.1. The standard InChI is InChI=1S/C18H19FN2O2/c19-15-4-1-3-14(8-15)18(22)21-10-13-7-16(11-21)20(9-13)12-17-5-2-6-23-17/h1-6,8,13,16H,7,9-12H2. The zero-order chi connectivity index (χ0) is 15.8. The second-order valence-electron chi connectivity index (χ2n) is 6.48. The fraction of sp³-hybridized carbons (Fsp3) is 0.389. The molecule has 23 heavy (non-hydrogen) atoms. The summed E-state index contributed by atoms with van der Waals surface area (Å²) in [5.41, 5.74) is 0.434. The fourth-order valence-electron chi connectivity index (χ4n) is 3.82. The molecule has 0 N–H and O–H groups in total. The highest BCUT2D eigenvalue weighted by Crippen LogP contribution is 2.31. The van der Waals surface area contributed by atoms with Gasteiger partial charge >= 0.3 is 0 Å². The molecule has 2 saturated heterocycles. The molecule has 2 aromatic rings. The van der Waals surface area contributed by atoms with Crippen LogP contribution in [0.4, 0.5) is 4.39 Å². The molecule has 0 saturated carbocycles. The number of fused-ring (bicyclic) bond motifs is 2. The van der Waals surface area contributed by atoms with Crippen LogP contribution in [0.5, 0.6) is 0 Å². The Kier molecular flexibility index (Phi) is 3.65. The van der Waals surface area contributed by atoms with E-state index in [1.54, 1.807) is 18.4 Å². The molecule has 0 radical (unpaired) electrons. The quantitative estimate of drug-likeness (QED) is 0.874. The van der Waals surface area contributed by atoms with Gasteiger partial charge in [0, 0.05) is 31.2 Å². The summed E-state index contributed by atoms with van der Waals surface area (Å²) in [5, 5.41) is 0. The van der Waals surface area contributed by atoms with Gasteiger partial charge in [-0.05, 0) is 42.7 Å². The van der Waals surface area contributed by atoms with Crippen molar-refractivity contribution in [2.24, 2.45) is 5.92 Å². The van der Waals surface area contributed by atoms with E-state index in [9.17, 15) is 9.18 Å². The van der Waals surface area contributed by atoms with Crippen molar-refractivity contribution in [2.75, 3.05) is 19.6 Å². The molecule has 1 aromatic heterocycles. The first-order valence-corrected chi connectivity index (χ1v) is 8.00. The molecule has 2 fully saturated rings. The molecule has 1 aromatic carbocycles. The number of halogens is 1. The van der Waals surface area contributed by atoms with Crippen LogP contribution in [0.25, 0.3) is 0 Å². The zero-order valence-electron chi connectivity index (χ0n) is 12.8. The van der Waals surface area contributed by atoms with E-state index in [-0.39, 0.29) is 11.7 Å². The molecule has 5 heteroatoms. The van der Waals surface area contributed by atoms with Gasteiger partial charge in [0.25, 0.3) is 5.91 Å². The highest BCUT2D eigenvalue weighted by molar-refractivity contribution is 5.94. The Morgan fingerprint density at radius 3 is 2.91 bits per heavy atom. The molecule has 0 aliphatic carbocycles. The Morgan fingerprint density at radius 2 is 2.13 bits per heavy atom. The minimum atomic E-state index is -0.365. The second-order valence-corrected chi connectivity index (χ2v) is 6.48. The summed E-state index contributed by atoms with van der Waals surface area (Å²) in [6.45, 7) is 3.22. The average Bonchev–Trinajstić information content (AvgIpc) is 3.15. The van der Waals surface area contributed by atoms with E-state index in [4.69, 9.17) is 4.42 Å². The first-order chi connectivity index (χ1) is 11.2. The van der Waals surface area contributed by atoms with Gasteiger partial charge < -0.3 is 9.32 Å². The minimum absolute atomic E-state index is 0.0703. The van der Waals surface area contributed by atoms with E-state index < -0.39 is 0 Å². The van der Waals surface area contributed by atoms with E-state index in [1.165, 1.54) is 12.1 Å². The van der Waals surface area contributed by atoms with E-state index in [0.717, 1.165) is 31.8 Å². The summed E-state index contributed by atoms with van der Waals surface area (Å²) in [6.07, 6.45) is 2.81. The molecule has 120 valence electrons. The van der Waals surface area contributed by atoms with Crippen LogP contribution in [0, 0.1) is 11.7 Å². The third-order valence-electron chi connectivity index (χ3n) is 4.82. The lowest BCUT2D eigenvalue weighted by Gasteiger charge is -2.32. The van der Waals surface area contributed by atoms with Gasteiger partial charge in [0.2, 0.25) is 0 Å². The summed E-state index contributed by atoms with van der Waals surface area (Å²) < 4.78 is 18.8. The normalized spacial score (nSPS) is 24.1. The molecule has 1 amide bonds. The van der Waals surface area contributed by atoms with Gasteiger partial charge in [-0.1, -0.05) is 6.07 Å². The number of likely N-dealkylation sites (tertiary alicyclic amines) is 2. The van der Waals surface area contributed by atoms with Crippen LogP contribution >= 0.6 is 0 Å². The van der Waals surface area contributed by atoms with Crippen LogP contribution in [0.15, 0.2) is 47.1 Å². The number of rotatable bonds is 3. The fourth-order valence-corrected chi connectivity index (χ4v) is 3.82. The molecule has 4 rings (SSSR count). The molecular weight excluding hydrogens is 295 g/mol. The number of carbonyl (C=O) groups is 1. The van der Waals surface area contributed by atoms with Crippen molar-refractivity contribution < 1.29 is 13.6 Å². The number of furan rings is 1. The maximum atomic E-state index is 13.3. The summed E-state index contributed by atoms with van der Waals surface area (Å²) in [5.74, 6) is 1.01. The van der Waals surface area contributed by atoms with Crippen molar-refractivity contribution in [2.45, 2.75) is 19.0 Å². The van der Waals surface area contributed by atoms with Crippen molar-refractivity contribution in [1.29, 1.82) is 0 Å². The molecule has 3 heterocycles. The van der Waals surface area contributed by atoms with Gasteiger partial charge in [-0.25, -0.2) is 4.39 Å². The third-order valence-corrected chi connectivity index (χ3v) is 4.82. The summed E-state index contributed by atoms with van der Waals surface area (Å²) in [6, 6.07) is 10.2. The predicted octanol–water partition coefficient (Wildman–Crippen LogP) is 2.77. The Bertz CT molecular complexity index is 701. The first-order valence-electron chi connectivity index (χ1n) is 8.00. The minimum Gasteiger partial charge on any atom is -0.468 e. The van der Waals surface area contributed by atoms with Gasteiger partial charge in [-0.15, -0.1) is 0 Å². The molecule has 2 aliphatic heterocycles. The zero-order valence-corrected chi connectivity index (χ0v) is 12.8. The van der Waals surface area contributed by atoms with Crippen LogP contribution in [0.2, 0.25) is 0 Å². The Labute approximate surface area is 134 Å². The lowest BCUT2D eigenvalue weighted by Crippen LogP contribution is -2.45. The van der Waals surface area contributed by atoms with Crippen molar-refractivity contribution >= 4 is 5.91 Å². The van der Waals surface area contributed by atoms with Crippen LogP contribution < -0.4 is 0 Å². The maximum absolute atomic E-state index is 13.3. The summed E-state index contributed by atoms with van der Waals surface area (Å²) in [7, 11) is 0. The van der Waals surface area contributed by atoms with E-state index in [0.29, 0.717) is 24.1 Å². The average molecular weight is 314 g/mol. The summed E-state index contributed by atoms with van der Waals surface area (Å²) in [4.78, 5) is 16.9. The van der Waals surface area contributed by atoms with Crippen LogP contribution in [0.1, 0.15) is 22.5 Å². The number of carbonyl (C=O) groups excluding carboxylic acids is 1. The van der Waals surface area contributed by atoms with E-state index in [2.05, 4.69) is 4.90 Å². The van der Waals surface area contributed by atoms with Gasteiger partial charge in [-0.3, -0.25) is 9.69 Å². The van der Waals surface area contributed by atoms with E-state index >= 15 is 0 Å². The predicted molar refractivity (Wildman–Crippen MR) is 83.3 cm³/mol. The van der Waals surface area contributed by atoms with Crippen LogP contribution in [-0.2, 0) is 6.54 Å². The number of benzene rings is 1. The number of amides is 1. The Hall–Kier alpha value is -2.14. The summed E-state index contributed by atoms with van der Waals surface area (Å²) >= 11 is 0. The number of hydrogen-bond acceptors (Lipinski definition) is 3. The Morgan fingerprint density at radius 1 is 1.22 bits per heavy atom. The number of nitrogens with zero attached hydrogens (tertiary/aromatic N) is 2. The molecule has 2 unspecified atom stereocenters. The van der Waals surface area contributed by atoms with Gasteiger partial charge in [0.05, 0.1) is 12.8 Å². The molecule has 0 spiro atoms. The second kappa shape index (κ2) is 5.81. The monoisotopic (exact) mass is 314 g/mol. The molecular formula is C18H19FN2O2. The topological polar surface area (TPSA) is 36.7 Å². The SMILES string of the molecule is O=C(c1cccc(F)c1)N1CC2CC(C1)N(Cc1ccco1)C2. The lowest BCUT2D eigenvalue weighted by atomic mass is 9.99. The largest absolute Gasteiger partial charge is 0.468 e. The lowest BCUT2D eigenvalue weighted by molar-refractivity contribution is 0.0665. The van der Waals surface area contributed by atoms with Crippen molar-refractivity contribution in [1.82, 2.24) is 9.80 Å². The van der Waals surface area contributed by atoms with Gasteiger partial charge in [0.1, 0.15) is 11.6 Å². The van der Waals surface area contributed by atoms with Crippen molar-refractivity contribution in [3.63, 3.8) is 0 Å². The first kappa shape index (κ1) is 14.5. The molecule has 2 bridgehead atoms. The van der Waals surface area contributed by atoms with Crippen molar-refractivity contribution in [3.05, 3.63) is 59.8 Å². The van der Waals surface area contributed by atoms with Gasteiger partial charge in [-0.2, -0.15) is 0 Å². The highest BCUT2D eigenvalue weighted by Gasteiger charge is 2.40. The van der Waals surface area contributed by atoms with E-state index in [1.807, 2.05) is 17.0 Å². The maximum Gasteiger partial charge on any atom is 0.254 e. The molecule has 2 atom stereocenters. The Balaban J connectivity index is 1.46. The van der Waals surface area contributed by atoms with Crippen molar-refractivity contribution in [3.8, 4) is 0 Å². The third kappa shape index (κ3) is 2.88. The molecule has 2 aliphatic rings. The van der Waals surface area contributed by atoms with Gasteiger partial charge in [0.15, 0.2) is 0 Å². The number of hydrogen-bond donors (Lipinski definition) is 0. The van der Waals surface area contributed by atoms with Crippen LogP contribution in [0.3, 0.4) is 0 Å².